The standard InChI is InChI=1S/C23H22BrN5O2S2/c1-14-5-4-6-18(11-14)31-15(2)21-27-28-23(29(21)3)33-13-20(30)26-22-25-19(12-32-22)16-7-9-17(24)10-8-16/h4-12,15H,13H2,1-3H3,(H,25,26,30). The summed E-state index contributed by atoms with van der Waals surface area (Å²) in [4.78, 5) is 17.0. The third kappa shape index (κ3) is 6.01. The van der Waals surface area contributed by atoms with Crippen LogP contribution in [0.3, 0.4) is 0 Å². The van der Waals surface area contributed by atoms with Gasteiger partial charge in [0.15, 0.2) is 22.2 Å². The van der Waals surface area contributed by atoms with Crippen LogP contribution in [0.25, 0.3) is 11.3 Å². The number of carbonyl (C=O) groups is 1. The van der Waals surface area contributed by atoms with E-state index in [0.717, 1.165) is 27.0 Å². The first kappa shape index (κ1) is 23.5. The average molecular weight is 544 g/mol. The number of carbonyl (C=O) groups excluding carboxylic acids is 1. The first-order valence-corrected chi connectivity index (χ1v) is 12.8. The number of thioether (sulfide) groups is 1. The minimum absolute atomic E-state index is 0.148. The van der Waals surface area contributed by atoms with Crippen molar-refractivity contribution < 1.29 is 9.53 Å². The Morgan fingerprint density at radius 2 is 2.03 bits per heavy atom. The molecule has 10 heteroatoms. The molecule has 0 saturated carbocycles. The van der Waals surface area contributed by atoms with Crippen molar-refractivity contribution in [3.05, 3.63) is 69.8 Å². The second-order valence-electron chi connectivity index (χ2n) is 7.36. The van der Waals surface area contributed by atoms with Crippen molar-refractivity contribution in [1.29, 1.82) is 0 Å². The lowest BCUT2D eigenvalue weighted by Gasteiger charge is -2.14. The number of hydrogen-bond donors (Lipinski definition) is 1. The van der Waals surface area contributed by atoms with Crippen LogP contribution >= 0.6 is 39.0 Å². The van der Waals surface area contributed by atoms with Crippen LogP contribution in [-0.4, -0.2) is 31.4 Å². The molecule has 2 aromatic carbocycles. The van der Waals surface area contributed by atoms with Gasteiger partial charge in [-0.25, -0.2) is 4.98 Å². The smallest absolute Gasteiger partial charge is 0.236 e. The Morgan fingerprint density at radius 1 is 1.24 bits per heavy atom. The number of thiazole rings is 1. The zero-order valence-corrected chi connectivity index (χ0v) is 21.5. The highest BCUT2D eigenvalue weighted by Gasteiger charge is 2.18. The highest BCUT2D eigenvalue weighted by atomic mass is 79.9. The van der Waals surface area contributed by atoms with Gasteiger partial charge in [-0.1, -0.05) is 52.0 Å². The lowest BCUT2D eigenvalue weighted by molar-refractivity contribution is -0.113. The molecule has 4 aromatic rings. The molecule has 0 radical (unpaired) electrons. The average Bonchev–Trinajstić information content (AvgIpc) is 3.39. The Bertz CT molecular complexity index is 1260. The second-order valence-corrected chi connectivity index (χ2v) is 10.1. The third-order valence-corrected chi connectivity index (χ3v) is 7.06. The molecule has 0 aliphatic rings. The normalized spacial score (nSPS) is 11.9. The summed E-state index contributed by atoms with van der Waals surface area (Å²) in [5.41, 5.74) is 2.96. The van der Waals surface area contributed by atoms with Gasteiger partial charge in [-0.15, -0.1) is 21.5 Å². The van der Waals surface area contributed by atoms with Crippen molar-refractivity contribution in [2.24, 2.45) is 7.05 Å². The molecular weight excluding hydrogens is 522 g/mol. The van der Waals surface area contributed by atoms with Crippen molar-refractivity contribution in [3.63, 3.8) is 0 Å². The molecule has 0 aliphatic heterocycles. The van der Waals surface area contributed by atoms with Crippen LogP contribution in [0.5, 0.6) is 5.75 Å². The van der Waals surface area contributed by atoms with E-state index >= 15 is 0 Å². The predicted octanol–water partition coefficient (Wildman–Crippen LogP) is 5.88. The van der Waals surface area contributed by atoms with Gasteiger partial charge >= 0.3 is 0 Å². The van der Waals surface area contributed by atoms with Crippen molar-refractivity contribution in [3.8, 4) is 17.0 Å². The molecule has 0 saturated heterocycles. The summed E-state index contributed by atoms with van der Waals surface area (Å²) in [5.74, 6) is 1.53. The summed E-state index contributed by atoms with van der Waals surface area (Å²) in [5, 5.41) is 14.5. The van der Waals surface area contributed by atoms with Crippen LogP contribution < -0.4 is 10.1 Å². The Labute approximate surface area is 208 Å². The number of amides is 1. The highest BCUT2D eigenvalue weighted by molar-refractivity contribution is 9.10. The second kappa shape index (κ2) is 10.5. The minimum Gasteiger partial charge on any atom is -0.483 e. The van der Waals surface area contributed by atoms with Gasteiger partial charge < -0.3 is 14.6 Å². The molecule has 1 atom stereocenters. The molecule has 7 nitrogen and oxygen atoms in total. The molecule has 4 rings (SSSR count). The van der Waals surface area contributed by atoms with E-state index in [1.807, 2.05) is 79.4 Å². The lowest BCUT2D eigenvalue weighted by atomic mass is 10.2. The fraction of sp³-hybridized carbons (Fsp3) is 0.217. The van der Waals surface area contributed by atoms with Crippen molar-refractivity contribution in [2.45, 2.75) is 25.1 Å². The zero-order chi connectivity index (χ0) is 23.4. The summed E-state index contributed by atoms with van der Waals surface area (Å²) in [6, 6.07) is 15.8. The fourth-order valence-electron chi connectivity index (χ4n) is 3.12. The van der Waals surface area contributed by atoms with Gasteiger partial charge in [-0.2, -0.15) is 0 Å². The maximum Gasteiger partial charge on any atom is 0.236 e. The summed E-state index contributed by atoms with van der Waals surface area (Å²) in [6.07, 6.45) is -0.278. The van der Waals surface area contributed by atoms with Gasteiger partial charge in [0.2, 0.25) is 5.91 Å². The lowest BCUT2D eigenvalue weighted by Crippen LogP contribution is -2.14. The Morgan fingerprint density at radius 3 is 2.79 bits per heavy atom. The quantitative estimate of drug-likeness (QED) is 0.279. The van der Waals surface area contributed by atoms with E-state index in [0.29, 0.717) is 16.1 Å². The van der Waals surface area contributed by atoms with Crippen LogP contribution in [0, 0.1) is 6.92 Å². The largest absolute Gasteiger partial charge is 0.483 e. The maximum atomic E-state index is 12.4. The van der Waals surface area contributed by atoms with Crippen LogP contribution in [0.1, 0.15) is 24.4 Å². The summed E-state index contributed by atoms with van der Waals surface area (Å²) >= 11 is 6.15. The number of halogens is 1. The van der Waals surface area contributed by atoms with Crippen LogP contribution in [0.4, 0.5) is 5.13 Å². The topological polar surface area (TPSA) is 81.9 Å². The van der Waals surface area contributed by atoms with Crippen LogP contribution in [0.2, 0.25) is 0 Å². The number of ether oxygens (including phenoxy) is 1. The molecule has 33 heavy (non-hydrogen) atoms. The molecule has 0 bridgehead atoms. The number of rotatable bonds is 8. The Kier molecular flexibility index (Phi) is 7.46. The third-order valence-electron chi connectivity index (χ3n) is 4.76. The molecular formula is C23H22BrN5O2S2. The number of aryl methyl sites for hydroxylation is 1. The molecule has 0 spiro atoms. The molecule has 170 valence electrons. The van der Waals surface area contributed by atoms with E-state index in [-0.39, 0.29) is 17.8 Å². The Balaban J connectivity index is 1.32. The first-order chi connectivity index (χ1) is 15.9. The van der Waals surface area contributed by atoms with Gasteiger partial charge in [-0.3, -0.25) is 4.79 Å². The number of benzene rings is 2. The van der Waals surface area contributed by atoms with E-state index in [2.05, 4.69) is 36.4 Å². The van der Waals surface area contributed by atoms with E-state index in [9.17, 15) is 4.79 Å². The van der Waals surface area contributed by atoms with Crippen molar-refractivity contribution in [1.82, 2.24) is 19.7 Å². The molecule has 1 N–H and O–H groups in total. The van der Waals surface area contributed by atoms with Crippen LogP contribution in [-0.2, 0) is 11.8 Å². The maximum absolute atomic E-state index is 12.4. The van der Waals surface area contributed by atoms with Gasteiger partial charge in [-0.05, 0) is 43.7 Å². The molecule has 0 fully saturated rings. The number of nitrogens with zero attached hydrogens (tertiary/aromatic N) is 4. The number of anilines is 1. The van der Waals surface area contributed by atoms with Gasteiger partial charge in [0.1, 0.15) is 5.75 Å². The van der Waals surface area contributed by atoms with Gasteiger partial charge in [0.05, 0.1) is 11.4 Å². The molecule has 1 amide bonds. The number of aromatic nitrogens is 4. The molecule has 2 aromatic heterocycles. The summed E-state index contributed by atoms with van der Waals surface area (Å²) < 4.78 is 8.87. The number of nitrogens with one attached hydrogen (secondary N) is 1. The van der Waals surface area contributed by atoms with E-state index < -0.39 is 0 Å². The van der Waals surface area contributed by atoms with E-state index in [1.54, 1.807) is 0 Å². The predicted molar refractivity (Wildman–Crippen MR) is 136 cm³/mol. The first-order valence-electron chi connectivity index (χ1n) is 10.2. The SMILES string of the molecule is Cc1cccc(OC(C)c2nnc(SCC(=O)Nc3nc(-c4ccc(Br)cc4)cs3)n2C)c1. The highest BCUT2D eigenvalue weighted by Crippen LogP contribution is 2.27. The molecule has 2 heterocycles. The fourth-order valence-corrected chi connectivity index (χ4v) is 4.84. The summed E-state index contributed by atoms with van der Waals surface area (Å²) in [7, 11) is 1.87. The van der Waals surface area contributed by atoms with E-state index in [1.165, 1.54) is 23.1 Å². The van der Waals surface area contributed by atoms with Crippen molar-refractivity contribution in [2.75, 3.05) is 11.1 Å². The summed E-state index contributed by atoms with van der Waals surface area (Å²) in [6.45, 7) is 3.95. The molecule has 1 unspecified atom stereocenters. The van der Waals surface area contributed by atoms with Gasteiger partial charge in [0, 0.05) is 22.5 Å². The van der Waals surface area contributed by atoms with Gasteiger partial charge in [0.25, 0.3) is 0 Å². The van der Waals surface area contributed by atoms with E-state index in [4.69, 9.17) is 4.74 Å². The minimum atomic E-state index is -0.278. The Hall–Kier alpha value is -2.69. The zero-order valence-electron chi connectivity index (χ0n) is 18.3. The van der Waals surface area contributed by atoms with Crippen molar-refractivity contribution >= 4 is 50.1 Å². The van der Waals surface area contributed by atoms with Crippen LogP contribution in [0.15, 0.2) is 63.5 Å². The molecule has 0 aliphatic carbocycles. The number of hydrogen-bond acceptors (Lipinski definition) is 7. The monoisotopic (exact) mass is 543 g/mol.